The van der Waals surface area contributed by atoms with Gasteiger partial charge in [-0.3, -0.25) is 14.4 Å². The average Bonchev–Trinajstić information content (AvgIpc) is 3.36. The molecule has 238 valence electrons. The molecule has 1 aromatic rings. The van der Waals surface area contributed by atoms with Crippen LogP contribution in [0.15, 0.2) is 47.4 Å². The quantitative estimate of drug-likeness (QED) is 0.174. The van der Waals surface area contributed by atoms with Crippen molar-refractivity contribution in [2.24, 2.45) is 28.9 Å². The summed E-state index contributed by atoms with van der Waals surface area (Å²) < 4.78 is 12.0. The molecule has 0 radical (unpaired) electrons. The van der Waals surface area contributed by atoms with Crippen LogP contribution in [0.4, 0.5) is 0 Å². The number of thiazole rings is 1. The zero-order valence-electron chi connectivity index (χ0n) is 27.2. The molecule has 0 bridgehead atoms. The van der Waals surface area contributed by atoms with Gasteiger partial charge in [-0.2, -0.15) is 0 Å². The second-order valence-electron chi connectivity index (χ2n) is 12.4. The van der Waals surface area contributed by atoms with E-state index < -0.39 is 35.5 Å². The number of allylic oxidation sites excluding steroid dienone is 4. The van der Waals surface area contributed by atoms with Crippen molar-refractivity contribution in [3.05, 3.63) is 58.1 Å². The molecule has 0 aromatic carbocycles. The Morgan fingerprint density at radius 3 is 2.58 bits per heavy atom. The number of cyclic esters (lactones) is 1. The van der Waals surface area contributed by atoms with Crippen LogP contribution in [0.1, 0.15) is 97.2 Å². The van der Waals surface area contributed by atoms with Crippen molar-refractivity contribution < 1.29 is 23.9 Å². The molecule has 0 spiro atoms. The van der Waals surface area contributed by atoms with Crippen molar-refractivity contribution in [1.82, 2.24) is 4.98 Å². The van der Waals surface area contributed by atoms with Gasteiger partial charge in [-0.25, -0.2) is 4.98 Å². The van der Waals surface area contributed by atoms with Gasteiger partial charge in [0.25, 0.3) is 0 Å². The third-order valence-electron chi connectivity index (χ3n) is 8.37. The molecule has 0 saturated carbocycles. The summed E-state index contributed by atoms with van der Waals surface area (Å²) in [7, 11) is 0. The van der Waals surface area contributed by atoms with Crippen molar-refractivity contribution in [3.8, 4) is 0 Å². The number of nitrogens with two attached hydrogens (primary N) is 1. The minimum Gasteiger partial charge on any atom is -0.461 e. The van der Waals surface area contributed by atoms with E-state index in [4.69, 9.17) is 15.2 Å². The number of rotatable bonds is 9. The maximum atomic E-state index is 14.0. The highest BCUT2D eigenvalue weighted by atomic mass is 32.1. The van der Waals surface area contributed by atoms with E-state index in [2.05, 4.69) is 43.6 Å². The minimum absolute atomic E-state index is 0.0703. The molecule has 8 heteroatoms. The molecule has 7 nitrogen and oxygen atoms in total. The van der Waals surface area contributed by atoms with Gasteiger partial charge < -0.3 is 15.2 Å². The van der Waals surface area contributed by atoms with E-state index in [1.165, 1.54) is 0 Å². The van der Waals surface area contributed by atoms with Crippen LogP contribution in [0, 0.1) is 30.1 Å². The van der Waals surface area contributed by atoms with Gasteiger partial charge in [0.1, 0.15) is 18.0 Å². The van der Waals surface area contributed by atoms with Gasteiger partial charge in [0, 0.05) is 24.1 Å². The van der Waals surface area contributed by atoms with Gasteiger partial charge in [-0.1, -0.05) is 50.1 Å². The van der Waals surface area contributed by atoms with Crippen LogP contribution >= 0.6 is 11.3 Å². The first-order chi connectivity index (χ1) is 20.3. The Labute approximate surface area is 262 Å². The number of Topliss-reactive ketones (excluding diaryl/α,β-unsaturated/α-hetero) is 1. The molecule has 2 N–H and O–H groups in total. The largest absolute Gasteiger partial charge is 0.461 e. The first-order valence-electron chi connectivity index (χ1n) is 15.5. The summed E-state index contributed by atoms with van der Waals surface area (Å²) in [6.07, 6.45) is 12.1. The third-order valence-corrected chi connectivity index (χ3v) is 9.17. The van der Waals surface area contributed by atoms with E-state index in [1.54, 1.807) is 25.2 Å². The zero-order valence-corrected chi connectivity index (χ0v) is 28.0. The average molecular weight is 613 g/mol. The predicted octanol–water partition coefficient (Wildman–Crippen LogP) is 7.55. The molecular weight excluding hydrogens is 560 g/mol. The molecular formula is C35H52N2O5S. The highest BCUT2D eigenvalue weighted by molar-refractivity contribution is 7.09. The number of carbonyl (C=O) groups is 3. The van der Waals surface area contributed by atoms with Gasteiger partial charge in [0.15, 0.2) is 0 Å². The molecule has 1 aromatic heterocycles. The molecule has 5 unspecified atom stereocenters. The lowest BCUT2D eigenvalue weighted by atomic mass is 9.70. The lowest BCUT2D eigenvalue weighted by molar-refractivity contribution is -0.166. The van der Waals surface area contributed by atoms with Crippen molar-refractivity contribution in [2.45, 2.75) is 106 Å². The Balaban J connectivity index is 2.48. The smallest absolute Gasteiger partial charge is 0.310 e. The summed E-state index contributed by atoms with van der Waals surface area (Å²) in [5.41, 5.74) is 7.28. The zero-order chi connectivity index (χ0) is 32.2. The highest BCUT2D eigenvalue weighted by Crippen LogP contribution is 2.36. The van der Waals surface area contributed by atoms with Crippen molar-refractivity contribution >= 4 is 35.1 Å². The van der Waals surface area contributed by atoms with Gasteiger partial charge in [0.05, 0.1) is 22.5 Å². The maximum absolute atomic E-state index is 14.0. The number of ether oxygens (including phenoxy) is 2. The molecule has 0 fully saturated rings. The van der Waals surface area contributed by atoms with Gasteiger partial charge in [-0.05, 0) is 83.9 Å². The molecule has 0 aliphatic carbocycles. The SMILES string of the molecule is C=CC1C(C)C=CCC(C)=CCC(C(C)=Cc2csc(C)n2)OC(=O)CC(OC(=O)CCCCCN)C(C)(C)C(=O)C1C. The number of aromatic nitrogens is 1. The molecule has 1 aliphatic rings. The standard InChI is InChI=1S/C35H52N2O5S/c1-9-29-24(3)15-13-14-23(2)17-18-30(25(4)20-28-22-43-27(6)37-28)41-33(39)21-31(35(7,8)34(40)26(29)5)42-32(38)16-11-10-12-19-36/h9,13,15,17,20,22,24,26,29-31H,1,10-12,14,16,18-19,21,36H2,2-8H3. The topological polar surface area (TPSA) is 109 Å². The molecule has 43 heavy (non-hydrogen) atoms. The van der Waals surface area contributed by atoms with Crippen LogP contribution in [0.2, 0.25) is 0 Å². The molecule has 5 atom stereocenters. The number of hydrogen-bond donors (Lipinski definition) is 1. The number of unbranched alkanes of at least 4 members (excludes halogenated alkanes) is 2. The Morgan fingerprint density at radius 2 is 1.95 bits per heavy atom. The normalized spacial score (nSPS) is 26.0. The summed E-state index contributed by atoms with van der Waals surface area (Å²) in [6.45, 7) is 18.0. The van der Waals surface area contributed by atoms with Gasteiger partial charge in [0.2, 0.25) is 0 Å². The van der Waals surface area contributed by atoms with E-state index in [0.717, 1.165) is 41.1 Å². The summed E-state index contributed by atoms with van der Waals surface area (Å²) in [5, 5.41) is 2.93. The van der Waals surface area contributed by atoms with Crippen LogP contribution in [0.3, 0.4) is 0 Å². The fourth-order valence-corrected chi connectivity index (χ4v) is 6.06. The second kappa shape index (κ2) is 17.5. The van der Waals surface area contributed by atoms with Crippen LogP contribution < -0.4 is 5.73 Å². The highest BCUT2D eigenvalue weighted by Gasteiger charge is 2.44. The van der Waals surface area contributed by atoms with Crippen LogP contribution in [-0.4, -0.2) is 41.5 Å². The number of nitrogens with zero attached hydrogens (tertiary/aromatic N) is 1. The van der Waals surface area contributed by atoms with E-state index >= 15 is 0 Å². The summed E-state index contributed by atoms with van der Waals surface area (Å²) in [5.74, 6) is -1.49. The van der Waals surface area contributed by atoms with E-state index in [9.17, 15) is 14.4 Å². The molecule has 1 aliphatic heterocycles. The number of ketones is 1. The van der Waals surface area contributed by atoms with E-state index in [0.29, 0.717) is 19.4 Å². The Hall–Kier alpha value is -2.84. The third kappa shape index (κ3) is 11.3. The Bertz CT molecular complexity index is 1190. The monoisotopic (exact) mass is 612 g/mol. The number of carbonyl (C=O) groups excluding carboxylic acids is 3. The summed E-state index contributed by atoms with van der Waals surface area (Å²) >= 11 is 1.56. The lowest BCUT2D eigenvalue weighted by Gasteiger charge is -2.36. The maximum Gasteiger partial charge on any atom is 0.310 e. The number of hydrogen-bond acceptors (Lipinski definition) is 8. The Morgan fingerprint density at radius 1 is 1.23 bits per heavy atom. The van der Waals surface area contributed by atoms with Crippen molar-refractivity contribution in [2.75, 3.05) is 6.54 Å². The fourth-order valence-electron chi connectivity index (χ4n) is 5.49. The second-order valence-corrected chi connectivity index (χ2v) is 13.5. The predicted molar refractivity (Wildman–Crippen MR) is 175 cm³/mol. The number of aryl methyl sites for hydroxylation is 1. The van der Waals surface area contributed by atoms with Crippen LogP contribution in [0.5, 0.6) is 0 Å². The van der Waals surface area contributed by atoms with Crippen molar-refractivity contribution in [1.29, 1.82) is 0 Å². The number of esters is 2. The summed E-state index contributed by atoms with van der Waals surface area (Å²) in [4.78, 5) is 45.1. The van der Waals surface area contributed by atoms with Crippen LogP contribution in [0.25, 0.3) is 6.08 Å². The first kappa shape index (κ1) is 36.4. The van der Waals surface area contributed by atoms with Crippen LogP contribution in [-0.2, 0) is 23.9 Å². The molecule has 2 heterocycles. The van der Waals surface area contributed by atoms with E-state index in [-0.39, 0.29) is 30.5 Å². The van der Waals surface area contributed by atoms with Gasteiger partial charge in [-0.15, -0.1) is 17.9 Å². The minimum atomic E-state index is -1.14. The lowest BCUT2D eigenvalue weighted by Crippen LogP contribution is -2.46. The van der Waals surface area contributed by atoms with Gasteiger partial charge >= 0.3 is 11.9 Å². The van der Waals surface area contributed by atoms with Crippen molar-refractivity contribution in [3.63, 3.8) is 0 Å². The molecule has 0 saturated heterocycles. The molecule has 0 amide bonds. The Kier molecular flexibility index (Phi) is 14.8. The first-order valence-corrected chi connectivity index (χ1v) is 16.4. The fraction of sp³-hybridized carbons (Fsp3) is 0.600. The molecule has 2 rings (SSSR count). The van der Waals surface area contributed by atoms with E-state index in [1.807, 2.05) is 38.3 Å². The summed E-state index contributed by atoms with van der Waals surface area (Å²) in [6, 6.07) is 0.